The average Bonchev–Trinajstić information content (AvgIpc) is 2.65. The molecule has 1 aromatic heterocycles. The second-order valence-corrected chi connectivity index (χ2v) is 5.48. The highest BCUT2D eigenvalue weighted by atomic mass is 35.5. The monoisotopic (exact) mass is 273 g/mol. The molecule has 0 saturated carbocycles. The van der Waals surface area contributed by atoms with Gasteiger partial charge in [0.1, 0.15) is 15.4 Å². The fourth-order valence-electron chi connectivity index (χ4n) is 1.40. The molecule has 0 saturated heterocycles. The quantitative estimate of drug-likeness (QED) is 0.925. The second-order valence-electron chi connectivity index (χ2n) is 3.35. The van der Waals surface area contributed by atoms with Crippen molar-refractivity contribution >= 4 is 34.5 Å². The van der Waals surface area contributed by atoms with Crippen LogP contribution in [0.5, 0.6) is 0 Å². The highest BCUT2D eigenvalue weighted by Crippen LogP contribution is 2.26. The molecule has 2 rings (SSSR count). The van der Waals surface area contributed by atoms with Crippen LogP contribution in [0.3, 0.4) is 0 Å². The topological polar surface area (TPSA) is 33.1 Å². The minimum absolute atomic E-state index is 0.490. The van der Waals surface area contributed by atoms with Gasteiger partial charge in [0.05, 0.1) is 6.20 Å². The van der Waals surface area contributed by atoms with Crippen LogP contribution in [0.25, 0.3) is 0 Å². The number of aromatic nitrogens is 1. The first-order chi connectivity index (χ1) is 7.65. The summed E-state index contributed by atoms with van der Waals surface area (Å²) in [5.41, 5.74) is 0.978. The van der Waals surface area contributed by atoms with Crippen LogP contribution >= 0.6 is 34.5 Å². The van der Waals surface area contributed by atoms with E-state index in [0.717, 1.165) is 5.56 Å². The summed E-state index contributed by atoms with van der Waals surface area (Å²) in [6.45, 7) is 0. The van der Waals surface area contributed by atoms with E-state index in [1.54, 1.807) is 12.3 Å². The van der Waals surface area contributed by atoms with Crippen molar-refractivity contribution in [2.45, 2.75) is 12.5 Å². The lowest BCUT2D eigenvalue weighted by Crippen LogP contribution is -2.00. The van der Waals surface area contributed by atoms with Crippen molar-refractivity contribution < 1.29 is 5.11 Å². The highest BCUT2D eigenvalue weighted by Gasteiger charge is 2.12. The molecule has 0 radical (unpaired) electrons. The van der Waals surface area contributed by atoms with Crippen LogP contribution < -0.4 is 0 Å². The van der Waals surface area contributed by atoms with Gasteiger partial charge < -0.3 is 5.11 Å². The van der Waals surface area contributed by atoms with E-state index in [0.29, 0.717) is 20.8 Å². The number of thiazole rings is 1. The Hall–Kier alpha value is -0.610. The number of nitrogens with zero attached hydrogens (tertiary/aromatic N) is 1. The van der Waals surface area contributed by atoms with Crippen LogP contribution in [0, 0.1) is 0 Å². The Morgan fingerprint density at radius 2 is 2.19 bits per heavy atom. The number of aliphatic hydroxyl groups is 1. The molecule has 1 N–H and O–H groups in total. The van der Waals surface area contributed by atoms with Crippen LogP contribution in [0.4, 0.5) is 0 Å². The predicted molar refractivity (Wildman–Crippen MR) is 67.2 cm³/mol. The van der Waals surface area contributed by atoms with Crippen LogP contribution in [-0.4, -0.2) is 10.1 Å². The third-order valence-electron chi connectivity index (χ3n) is 2.10. The SMILES string of the molecule is OC(Cc1cccc(Cl)c1)c1ncc(Cl)s1. The van der Waals surface area contributed by atoms with Gasteiger partial charge in [-0.3, -0.25) is 0 Å². The van der Waals surface area contributed by atoms with Gasteiger partial charge in [0.15, 0.2) is 0 Å². The molecule has 1 aromatic carbocycles. The predicted octanol–water partition coefficient (Wildman–Crippen LogP) is 3.73. The lowest BCUT2D eigenvalue weighted by molar-refractivity contribution is 0.178. The Labute approximate surface area is 107 Å². The van der Waals surface area contributed by atoms with Gasteiger partial charge in [-0.15, -0.1) is 11.3 Å². The molecule has 1 heterocycles. The first-order valence-electron chi connectivity index (χ1n) is 4.69. The largest absolute Gasteiger partial charge is 0.386 e. The van der Waals surface area contributed by atoms with Crippen LogP contribution in [0.2, 0.25) is 9.36 Å². The first kappa shape index (κ1) is 11.9. The first-order valence-corrected chi connectivity index (χ1v) is 6.26. The third kappa shape index (κ3) is 2.95. The fourth-order valence-corrected chi connectivity index (χ4v) is 2.52. The van der Waals surface area contributed by atoms with E-state index < -0.39 is 6.10 Å². The highest BCUT2D eigenvalue weighted by molar-refractivity contribution is 7.15. The van der Waals surface area contributed by atoms with Gasteiger partial charge in [0.25, 0.3) is 0 Å². The fraction of sp³-hybridized carbons (Fsp3) is 0.182. The summed E-state index contributed by atoms with van der Waals surface area (Å²) in [4.78, 5) is 4.04. The van der Waals surface area contributed by atoms with Gasteiger partial charge >= 0.3 is 0 Å². The number of rotatable bonds is 3. The summed E-state index contributed by atoms with van der Waals surface area (Å²) < 4.78 is 0.583. The molecule has 1 atom stereocenters. The van der Waals surface area contributed by atoms with Gasteiger partial charge in [-0.2, -0.15) is 0 Å². The molecule has 0 aliphatic heterocycles. The van der Waals surface area contributed by atoms with Crippen LogP contribution in [0.15, 0.2) is 30.5 Å². The van der Waals surface area contributed by atoms with Gasteiger partial charge in [-0.05, 0) is 17.7 Å². The molecule has 0 aliphatic rings. The van der Waals surface area contributed by atoms with E-state index >= 15 is 0 Å². The Balaban J connectivity index is 2.10. The average molecular weight is 274 g/mol. The summed E-state index contributed by atoms with van der Waals surface area (Å²) >= 11 is 12.9. The Morgan fingerprint density at radius 1 is 1.38 bits per heavy atom. The van der Waals surface area contributed by atoms with Crippen molar-refractivity contribution in [3.63, 3.8) is 0 Å². The van der Waals surface area contributed by atoms with Gasteiger partial charge in [-0.25, -0.2) is 4.98 Å². The molecular formula is C11H9Cl2NOS. The van der Waals surface area contributed by atoms with Gasteiger partial charge in [0.2, 0.25) is 0 Å². The lowest BCUT2D eigenvalue weighted by atomic mass is 10.1. The summed E-state index contributed by atoms with van der Waals surface area (Å²) in [7, 11) is 0. The molecule has 0 bridgehead atoms. The molecule has 1 unspecified atom stereocenters. The van der Waals surface area contributed by atoms with Crippen molar-refractivity contribution in [3.05, 3.63) is 50.4 Å². The zero-order chi connectivity index (χ0) is 11.5. The third-order valence-corrected chi connectivity index (χ3v) is 3.55. The summed E-state index contributed by atoms with van der Waals surface area (Å²) in [6.07, 6.45) is 1.41. The van der Waals surface area contributed by atoms with E-state index in [9.17, 15) is 5.11 Å². The Kier molecular flexibility index (Phi) is 3.82. The normalized spacial score (nSPS) is 12.7. The number of hydrogen-bond acceptors (Lipinski definition) is 3. The molecular weight excluding hydrogens is 265 g/mol. The van der Waals surface area contributed by atoms with Crippen LogP contribution in [-0.2, 0) is 6.42 Å². The number of halogens is 2. The Bertz CT molecular complexity index is 486. The van der Waals surface area contributed by atoms with Gasteiger partial charge in [-0.1, -0.05) is 35.3 Å². The maximum absolute atomic E-state index is 9.92. The van der Waals surface area contributed by atoms with E-state index in [4.69, 9.17) is 23.2 Å². The summed E-state index contributed by atoms with van der Waals surface area (Å²) in [5.74, 6) is 0. The summed E-state index contributed by atoms with van der Waals surface area (Å²) in [5, 5.41) is 11.2. The van der Waals surface area contributed by atoms with Crippen molar-refractivity contribution in [2.24, 2.45) is 0 Å². The van der Waals surface area contributed by atoms with E-state index in [2.05, 4.69) is 4.98 Å². The molecule has 2 aromatic rings. The van der Waals surface area contributed by atoms with Crippen molar-refractivity contribution in [1.82, 2.24) is 4.98 Å². The minimum Gasteiger partial charge on any atom is -0.386 e. The Morgan fingerprint density at radius 3 is 2.81 bits per heavy atom. The van der Waals surface area contributed by atoms with E-state index in [1.165, 1.54) is 11.3 Å². The van der Waals surface area contributed by atoms with Crippen molar-refractivity contribution in [3.8, 4) is 0 Å². The smallest absolute Gasteiger partial charge is 0.123 e. The van der Waals surface area contributed by atoms with Crippen molar-refractivity contribution in [1.29, 1.82) is 0 Å². The number of benzene rings is 1. The molecule has 84 valence electrons. The maximum atomic E-state index is 9.92. The summed E-state index contributed by atoms with van der Waals surface area (Å²) in [6, 6.07) is 7.42. The van der Waals surface area contributed by atoms with Crippen LogP contribution in [0.1, 0.15) is 16.7 Å². The zero-order valence-electron chi connectivity index (χ0n) is 8.23. The van der Waals surface area contributed by atoms with E-state index in [1.807, 2.05) is 18.2 Å². The van der Waals surface area contributed by atoms with E-state index in [-0.39, 0.29) is 0 Å². The maximum Gasteiger partial charge on any atom is 0.123 e. The molecule has 2 nitrogen and oxygen atoms in total. The zero-order valence-corrected chi connectivity index (χ0v) is 10.6. The molecule has 0 aliphatic carbocycles. The lowest BCUT2D eigenvalue weighted by Gasteiger charge is -2.07. The molecule has 5 heteroatoms. The second kappa shape index (κ2) is 5.15. The number of hydrogen-bond donors (Lipinski definition) is 1. The van der Waals surface area contributed by atoms with Gasteiger partial charge in [0, 0.05) is 11.4 Å². The molecule has 0 fully saturated rings. The standard InChI is InChI=1S/C11H9Cl2NOS/c12-8-3-1-2-7(4-8)5-9(15)11-14-6-10(13)16-11/h1-4,6,9,15H,5H2. The molecule has 0 amide bonds. The molecule has 16 heavy (non-hydrogen) atoms. The minimum atomic E-state index is -0.629. The van der Waals surface area contributed by atoms with Crippen molar-refractivity contribution in [2.75, 3.05) is 0 Å². The molecule has 0 spiro atoms. The number of aliphatic hydroxyl groups excluding tert-OH is 1.